The normalized spacial score (nSPS) is 7.25. The van der Waals surface area contributed by atoms with Gasteiger partial charge in [0.15, 0.2) is 0 Å². The third-order valence-corrected chi connectivity index (χ3v) is 0.910. The van der Waals surface area contributed by atoms with Gasteiger partial charge in [-0.05, 0) is 6.92 Å². The quantitative estimate of drug-likeness (QED) is 0.378. The predicted molar refractivity (Wildman–Crippen MR) is 52.0 cm³/mol. The number of hydrogen-bond acceptors (Lipinski definition) is 2. The zero-order valence-electron chi connectivity index (χ0n) is 7.39. The van der Waals surface area contributed by atoms with Gasteiger partial charge in [-0.25, -0.2) is 4.79 Å². The lowest BCUT2D eigenvalue weighted by atomic mass is 10.4. The number of esters is 1. The van der Waals surface area contributed by atoms with Crippen LogP contribution in [0.25, 0.3) is 0 Å². The summed E-state index contributed by atoms with van der Waals surface area (Å²) in [5.41, 5.74) is 0.433. The van der Waals surface area contributed by atoms with Crippen molar-refractivity contribution < 1.29 is 9.53 Å². The number of rotatable bonds is 2. The van der Waals surface area contributed by atoms with E-state index in [-0.39, 0.29) is 5.97 Å². The molecular weight excluding hydrogens is 176 g/mol. The minimum atomic E-state index is -0.347. The van der Waals surface area contributed by atoms with E-state index in [4.69, 9.17) is 11.6 Å². The van der Waals surface area contributed by atoms with Gasteiger partial charge >= 0.3 is 5.97 Å². The van der Waals surface area contributed by atoms with Crippen molar-refractivity contribution in [1.82, 2.24) is 0 Å². The summed E-state index contributed by atoms with van der Waals surface area (Å²) in [6, 6.07) is 0. The molecule has 0 spiro atoms. The van der Waals surface area contributed by atoms with Crippen molar-refractivity contribution in [1.29, 1.82) is 0 Å². The molecule has 0 atom stereocenters. The number of halogens is 1. The molecule has 0 fully saturated rings. The maximum Gasteiger partial charge on any atom is 0.332 e. The molecule has 0 aliphatic heterocycles. The Morgan fingerprint density at radius 3 is 1.83 bits per heavy atom. The summed E-state index contributed by atoms with van der Waals surface area (Å²) < 4.78 is 4.27. The molecule has 0 aromatic carbocycles. The summed E-state index contributed by atoms with van der Waals surface area (Å²) in [6.07, 6.45) is 1.49. The van der Waals surface area contributed by atoms with Crippen LogP contribution in [-0.2, 0) is 9.53 Å². The molecule has 2 nitrogen and oxygen atoms in total. The Morgan fingerprint density at radius 2 is 1.83 bits per heavy atom. The highest BCUT2D eigenvalue weighted by Gasteiger charge is 1.95. The fourth-order valence-electron chi connectivity index (χ4n) is 0.174. The Kier molecular flexibility index (Phi) is 9.13. The molecule has 12 heavy (non-hydrogen) atoms. The van der Waals surface area contributed by atoms with E-state index in [2.05, 4.69) is 24.5 Å². The molecule has 0 aromatic rings. The summed E-state index contributed by atoms with van der Waals surface area (Å²) in [5, 5.41) is 0.491. The molecule has 0 radical (unpaired) electrons. The summed E-state index contributed by atoms with van der Waals surface area (Å²) in [6.45, 7) is 11.6. The van der Waals surface area contributed by atoms with Gasteiger partial charge in [0.05, 0.1) is 7.11 Å². The number of allylic oxidation sites excluding steroid dienone is 2. The van der Waals surface area contributed by atoms with Crippen LogP contribution < -0.4 is 0 Å². The van der Waals surface area contributed by atoms with E-state index in [0.29, 0.717) is 10.6 Å². The van der Waals surface area contributed by atoms with Gasteiger partial charge in [-0.15, -0.1) is 0 Å². The average Bonchev–Trinajstić information content (AvgIpc) is 2.04. The largest absolute Gasteiger partial charge is 0.466 e. The molecule has 0 aliphatic rings. The van der Waals surface area contributed by atoms with E-state index in [1.165, 1.54) is 13.2 Å². The molecule has 0 rings (SSSR count). The number of methoxy groups -OCH3 is 1. The van der Waals surface area contributed by atoms with Crippen LogP contribution in [0.4, 0.5) is 0 Å². The molecular formula is C9H13ClO2. The van der Waals surface area contributed by atoms with Gasteiger partial charge in [0.1, 0.15) is 0 Å². The molecule has 0 amide bonds. The van der Waals surface area contributed by atoms with Crippen LogP contribution in [0.5, 0.6) is 0 Å². The van der Waals surface area contributed by atoms with E-state index in [9.17, 15) is 4.79 Å². The van der Waals surface area contributed by atoms with Crippen LogP contribution in [0, 0.1) is 0 Å². The SMILES string of the molecule is C=C(C)C(=O)OC.C=CC(=C)Cl. The highest BCUT2D eigenvalue weighted by Crippen LogP contribution is 1.92. The average molecular weight is 189 g/mol. The van der Waals surface area contributed by atoms with E-state index in [0.717, 1.165) is 0 Å². The molecule has 0 heterocycles. The Labute approximate surface area is 78.2 Å². The van der Waals surface area contributed by atoms with E-state index in [1.54, 1.807) is 6.92 Å². The maximum absolute atomic E-state index is 10.2. The second kappa shape index (κ2) is 8.08. The first-order chi connectivity index (χ1) is 5.45. The minimum absolute atomic E-state index is 0.347. The third-order valence-electron chi connectivity index (χ3n) is 0.755. The van der Waals surface area contributed by atoms with Crippen molar-refractivity contribution >= 4 is 17.6 Å². The fourth-order valence-corrected chi connectivity index (χ4v) is 0.174. The Bertz CT molecular complexity index is 195. The lowest BCUT2D eigenvalue weighted by Gasteiger charge is -1.91. The predicted octanol–water partition coefficient (Wildman–Crippen LogP) is 2.66. The molecule has 0 aliphatic carbocycles. The van der Waals surface area contributed by atoms with Crippen LogP contribution in [0.15, 0.2) is 36.4 Å². The second-order valence-corrected chi connectivity index (χ2v) is 2.41. The Balaban J connectivity index is 0. The summed E-state index contributed by atoms with van der Waals surface area (Å²) in [7, 11) is 1.33. The standard InChI is InChI=1S/C5H8O2.C4H5Cl/c1-4(2)5(6)7-3;1-3-4(2)5/h1H2,2-3H3;3H,1-2H2. The third kappa shape index (κ3) is 11.7. The molecule has 0 bridgehead atoms. The smallest absolute Gasteiger partial charge is 0.332 e. The van der Waals surface area contributed by atoms with Crippen LogP contribution in [0.3, 0.4) is 0 Å². The van der Waals surface area contributed by atoms with Crippen molar-refractivity contribution in [2.75, 3.05) is 7.11 Å². The molecule has 3 heteroatoms. The molecule has 0 N–H and O–H groups in total. The fraction of sp³-hybridized carbons (Fsp3) is 0.222. The van der Waals surface area contributed by atoms with Crippen molar-refractivity contribution in [3.05, 3.63) is 36.4 Å². The van der Waals surface area contributed by atoms with Crippen molar-refractivity contribution in [2.45, 2.75) is 6.92 Å². The van der Waals surface area contributed by atoms with Crippen LogP contribution in [0.2, 0.25) is 0 Å². The highest BCUT2D eigenvalue weighted by atomic mass is 35.5. The van der Waals surface area contributed by atoms with Crippen molar-refractivity contribution in [2.24, 2.45) is 0 Å². The van der Waals surface area contributed by atoms with Crippen LogP contribution in [0.1, 0.15) is 6.92 Å². The highest BCUT2D eigenvalue weighted by molar-refractivity contribution is 6.30. The van der Waals surface area contributed by atoms with Crippen LogP contribution >= 0.6 is 11.6 Å². The first-order valence-corrected chi connectivity index (χ1v) is 3.54. The lowest BCUT2D eigenvalue weighted by Crippen LogP contribution is -1.98. The van der Waals surface area contributed by atoms with E-state index < -0.39 is 0 Å². The van der Waals surface area contributed by atoms with Gasteiger partial charge in [-0.1, -0.05) is 37.4 Å². The Morgan fingerprint density at radius 1 is 1.50 bits per heavy atom. The Hall–Kier alpha value is -1.02. The van der Waals surface area contributed by atoms with Gasteiger partial charge in [0.25, 0.3) is 0 Å². The van der Waals surface area contributed by atoms with E-state index >= 15 is 0 Å². The summed E-state index contributed by atoms with van der Waals surface area (Å²) in [4.78, 5) is 10.2. The van der Waals surface area contributed by atoms with Crippen molar-refractivity contribution in [3.8, 4) is 0 Å². The molecule has 0 saturated carbocycles. The van der Waals surface area contributed by atoms with Gasteiger partial charge in [-0.3, -0.25) is 0 Å². The first kappa shape index (κ1) is 13.6. The second-order valence-electron chi connectivity index (χ2n) is 1.92. The van der Waals surface area contributed by atoms with Gasteiger partial charge in [0, 0.05) is 10.6 Å². The van der Waals surface area contributed by atoms with Gasteiger partial charge in [-0.2, -0.15) is 0 Å². The van der Waals surface area contributed by atoms with E-state index in [1.807, 2.05) is 0 Å². The monoisotopic (exact) mass is 188 g/mol. The number of carbonyl (C=O) groups is 1. The zero-order chi connectivity index (χ0) is 10.1. The maximum atomic E-state index is 10.2. The van der Waals surface area contributed by atoms with Gasteiger partial charge < -0.3 is 4.74 Å². The zero-order valence-corrected chi connectivity index (χ0v) is 8.15. The summed E-state index contributed by atoms with van der Waals surface area (Å²) >= 11 is 5.15. The van der Waals surface area contributed by atoms with Gasteiger partial charge in [0.2, 0.25) is 0 Å². The van der Waals surface area contributed by atoms with Crippen molar-refractivity contribution in [3.63, 3.8) is 0 Å². The molecule has 0 unspecified atom stereocenters. The summed E-state index contributed by atoms with van der Waals surface area (Å²) in [5.74, 6) is -0.347. The van der Waals surface area contributed by atoms with Crippen LogP contribution in [-0.4, -0.2) is 13.1 Å². The number of ether oxygens (including phenoxy) is 1. The lowest BCUT2D eigenvalue weighted by molar-refractivity contribution is -0.136. The molecule has 0 saturated heterocycles. The molecule has 0 aromatic heterocycles. The molecule has 68 valence electrons. The number of carbonyl (C=O) groups excluding carboxylic acids is 1. The first-order valence-electron chi connectivity index (χ1n) is 3.16. The number of hydrogen-bond donors (Lipinski definition) is 0. The topological polar surface area (TPSA) is 26.3 Å². The minimum Gasteiger partial charge on any atom is -0.466 e.